The maximum atomic E-state index is 12.3. The van der Waals surface area contributed by atoms with Gasteiger partial charge in [-0.3, -0.25) is 14.6 Å². The molecule has 1 heterocycles. The van der Waals surface area contributed by atoms with Crippen LogP contribution in [-0.2, 0) is 0 Å². The summed E-state index contributed by atoms with van der Waals surface area (Å²) < 4.78 is 6.36. The zero-order valence-electron chi connectivity index (χ0n) is 15.8. The van der Waals surface area contributed by atoms with Gasteiger partial charge < -0.3 is 9.84 Å². The lowest BCUT2D eigenvalue weighted by molar-refractivity contribution is 0.0955. The van der Waals surface area contributed by atoms with Crippen molar-refractivity contribution in [2.75, 3.05) is 6.61 Å². The van der Waals surface area contributed by atoms with E-state index in [1.807, 2.05) is 0 Å². The average molecular weight is 429 g/mol. The molecule has 0 aliphatic carbocycles. The highest BCUT2D eigenvalue weighted by Gasteiger charge is 2.17. The van der Waals surface area contributed by atoms with Crippen molar-refractivity contribution in [3.05, 3.63) is 85.5 Å². The number of ether oxygens (including phenoxy) is 1. The lowest BCUT2D eigenvalue weighted by Crippen LogP contribution is -2.32. The minimum Gasteiger partial charge on any atom is -0.493 e. The molecular formula is C20H17ClN4O5. The van der Waals surface area contributed by atoms with Crippen molar-refractivity contribution >= 4 is 23.7 Å². The number of rotatable bonds is 6. The van der Waals surface area contributed by atoms with Crippen LogP contribution in [0.25, 0.3) is 5.69 Å². The summed E-state index contributed by atoms with van der Waals surface area (Å²) in [6, 6.07) is 12.9. The molecule has 3 rings (SSSR count). The Bertz CT molecular complexity index is 1230. The largest absolute Gasteiger partial charge is 0.493 e. The van der Waals surface area contributed by atoms with Crippen molar-refractivity contribution < 1.29 is 14.6 Å². The Morgan fingerprint density at radius 2 is 1.93 bits per heavy atom. The third-order valence-corrected chi connectivity index (χ3v) is 4.33. The van der Waals surface area contributed by atoms with Crippen LogP contribution in [0.1, 0.15) is 22.8 Å². The summed E-state index contributed by atoms with van der Waals surface area (Å²) in [5.74, 6) is -0.936. The number of halogens is 1. The summed E-state index contributed by atoms with van der Waals surface area (Å²) in [4.78, 5) is 38.8. The molecule has 0 bridgehead atoms. The van der Waals surface area contributed by atoms with Gasteiger partial charge in [-0.2, -0.15) is 5.10 Å². The highest BCUT2D eigenvalue weighted by atomic mass is 35.5. The zero-order valence-corrected chi connectivity index (χ0v) is 16.5. The van der Waals surface area contributed by atoms with Gasteiger partial charge >= 0.3 is 5.69 Å². The van der Waals surface area contributed by atoms with E-state index in [9.17, 15) is 19.5 Å². The predicted octanol–water partition coefficient (Wildman–Crippen LogP) is 2.05. The van der Waals surface area contributed by atoms with E-state index in [-0.39, 0.29) is 21.8 Å². The summed E-state index contributed by atoms with van der Waals surface area (Å²) in [6.07, 6.45) is 0.933. The predicted molar refractivity (Wildman–Crippen MR) is 112 cm³/mol. The number of H-pyrrole nitrogens is 1. The monoisotopic (exact) mass is 428 g/mol. The number of para-hydroxylation sites is 2. The number of hydrogen-bond acceptors (Lipinski definition) is 6. The van der Waals surface area contributed by atoms with E-state index < -0.39 is 23.0 Å². The molecule has 0 fully saturated rings. The number of amides is 1. The standard InChI is InChI=1S/C20H17ClN4O5/c1-2-30-16-10-6-5-9-15(16)25-19(28)13(17(26)23-20(25)29)11-22-24-18(27)12-7-3-4-8-14(12)21/h3-11,28H,2H2,1H3,(H,24,27)(H,23,26,29)/b22-11+. The molecule has 0 atom stereocenters. The normalized spacial score (nSPS) is 10.9. The van der Waals surface area contributed by atoms with Crippen LogP contribution in [0.3, 0.4) is 0 Å². The van der Waals surface area contributed by atoms with Crippen LogP contribution in [0.15, 0.2) is 63.2 Å². The highest BCUT2D eigenvalue weighted by Crippen LogP contribution is 2.25. The Morgan fingerprint density at radius 1 is 1.23 bits per heavy atom. The molecule has 30 heavy (non-hydrogen) atoms. The number of aromatic hydroxyl groups is 1. The molecule has 0 spiro atoms. The number of nitrogens with zero attached hydrogens (tertiary/aromatic N) is 2. The molecule has 0 saturated carbocycles. The molecule has 9 nitrogen and oxygen atoms in total. The number of hydrazone groups is 1. The molecule has 1 amide bonds. The number of nitrogens with one attached hydrogen (secondary N) is 2. The molecule has 2 aromatic carbocycles. The molecule has 0 unspecified atom stereocenters. The van der Waals surface area contributed by atoms with E-state index in [2.05, 4.69) is 15.5 Å². The van der Waals surface area contributed by atoms with Crippen LogP contribution < -0.4 is 21.4 Å². The molecule has 10 heteroatoms. The molecule has 0 saturated heterocycles. The summed E-state index contributed by atoms with van der Waals surface area (Å²) in [5, 5.41) is 14.5. The van der Waals surface area contributed by atoms with Crippen LogP contribution in [0, 0.1) is 0 Å². The number of benzene rings is 2. The smallest absolute Gasteiger partial charge is 0.335 e. The second-order valence-electron chi connectivity index (χ2n) is 5.91. The Morgan fingerprint density at radius 3 is 2.67 bits per heavy atom. The quantitative estimate of drug-likeness (QED) is 0.409. The molecule has 1 aromatic heterocycles. The van der Waals surface area contributed by atoms with Crippen molar-refractivity contribution in [1.82, 2.24) is 15.0 Å². The Kier molecular flexibility index (Phi) is 6.33. The molecule has 3 aromatic rings. The van der Waals surface area contributed by atoms with Gasteiger partial charge in [-0.25, -0.2) is 14.8 Å². The van der Waals surface area contributed by atoms with Gasteiger partial charge in [-0.15, -0.1) is 0 Å². The highest BCUT2D eigenvalue weighted by molar-refractivity contribution is 6.33. The SMILES string of the molecule is CCOc1ccccc1-n1c(O)c(/C=N/NC(=O)c2ccccc2Cl)c(=O)[nH]c1=O. The Balaban J connectivity index is 1.97. The fourth-order valence-corrected chi connectivity index (χ4v) is 2.88. The summed E-state index contributed by atoms with van der Waals surface area (Å²) in [6.45, 7) is 2.10. The molecule has 0 radical (unpaired) electrons. The van der Waals surface area contributed by atoms with Crippen LogP contribution >= 0.6 is 11.6 Å². The van der Waals surface area contributed by atoms with Gasteiger partial charge in [-0.1, -0.05) is 35.9 Å². The van der Waals surface area contributed by atoms with Gasteiger partial charge in [0, 0.05) is 0 Å². The van der Waals surface area contributed by atoms with E-state index in [0.29, 0.717) is 12.4 Å². The van der Waals surface area contributed by atoms with Crippen molar-refractivity contribution in [2.24, 2.45) is 5.10 Å². The van der Waals surface area contributed by atoms with Crippen molar-refractivity contribution in [2.45, 2.75) is 6.92 Å². The van der Waals surface area contributed by atoms with Crippen molar-refractivity contribution in [1.29, 1.82) is 0 Å². The lowest BCUT2D eigenvalue weighted by Gasteiger charge is -2.13. The maximum Gasteiger partial charge on any atom is 0.335 e. The average Bonchev–Trinajstić information content (AvgIpc) is 2.72. The van der Waals surface area contributed by atoms with Crippen molar-refractivity contribution in [3.63, 3.8) is 0 Å². The van der Waals surface area contributed by atoms with Gasteiger partial charge in [0.25, 0.3) is 11.5 Å². The van der Waals surface area contributed by atoms with Gasteiger partial charge in [0.05, 0.1) is 29.1 Å². The van der Waals surface area contributed by atoms with Crippen LogP contribution in [0.4, 0.5) is 0 Å². The minimum absolute atomic E-state index is 0.185. The summed E-state index contributed by atoms with van der Waals surface area (Å²) in [7, 11) is 0. The van der Waals surface area contributed by atoms with Crippen LogP contribution in [-0.4, -0.2) is 33.4 Å². The summed E-state index contributed by atoms with van der Waals surface area (Å²) >= 11 is 5.95. The first-order chi connectivity index (χ1) is 14.4. The number of carbonyl (C=O) groups is 1. The van der Waals surface area contributed by atoms with Gasteiger partial charge in [0.15, 0.2) is 0 Å². The topological polar surface area (TPSA) is 126 Å². The van der Waals surface area contributed by atoms with E-state index in [0.717, 1.165) is 10.8 Å². The molecule has 154 valence electrons. The van der Waals surface area contributed by atoms with E-state index in [4.69, 9.17) is 16.3 Å². The first-order valence-corrected chi connectivity index (χ1v) is 9.20. The second-order valence-corrected chi connectivity index (χ2v) is 6.32. The fourth-order valence-electron chi connectivity index (χ4n) is 2.66. The van der Waals surface area contributed by atoms with E-state index >= 15 is 0 Å². The number of aromatic amines is 1. The zero-order chi connectivity index (χ0) is 21.7. The third-order valence-electron chi connectivity index (χ3n) is 4.01. The maximum absolute atomic E-state index is 12.3. The fraction of sp³-hybridized carbons (Fsp3) is 0.100. The van der Waals surface area contributed by atoms with E-state index in [1.165, 1.54) is 6.07 Å². The first-order valence-electron chi connectivity index (χ1n) is 8.82. The van der Waals surface area contributed by atoms with Crippen LogP contribution in [0.5, 0.6) is 11.6 Å². The number of aromatic nitrogens is 2. The van der Waals surface area contributed by atoms with Gasteiger partial charge in [-0.05, 0) is 31.2 Å². The minimum atomic E-state index is -0.876. The molecular weight excluding hydrogens is 412 g/mol. The molecule has 0 aliphatic rings. The van der Waals surface area contributed by atoms with Crippen molar-refractivity contribution in [3.8, 4) is 17.3 Å². The first kappa shape index (κ1) is 20.9. The van der Waals surface area contributed by atoms with Crippen LogP contribution in [0.2, 0.25) is 5.02 Å². The molecule has 3 N–H and O–H groups in total. The molecule has 0 aliphatic heterocycles. The third kappa shape index (κ3) is 4.26. The number of hydrogen-bond donors (Lipinski definition) is 3. The second kappa shape index (κ2) is 9.10. The Labute approximate surface area is 175 Å². The Hall–Kier alpha value is -3.85. The van der Waals surface area contributed by atoms with Gasteiger partial charge in [0.1, 0.15) is 11.3 Å². The van der Waals surface area contributed by atoms with E-state index in [1.54, 1.807) is 49.4 Å². The summed E-state index contributed by atoms with van der Waals surface area (Å²) in [5.41, 5.74) is 0.564. The van der Waals surface area contributed by atoms with Gasteiger partial charge in [0.2, 0.25) is 5.88 Å². The lowest BCUT2D eigenvalue weighted by atomic mass is 10.2. The number of carbonyl (C=O) groups excluding carboxylic acids is 1.